The van der Waals surface area contributed by atoms with Gasteiger partial charge in [0.2, 0.25) is 0 Å². The normalized spacial score (nSPS) is 21.1. The van der Waals surface area contributed by atoms with Crippen LogP contribution in [0.4, 0.5) is 10.5 Å². The van der Waals surface area contributed by atoms with Gasteiger partial charge in [-0.25, -0.2) is 4.79 Å². The number of carbonyl (C=O) groups is 1. The molecule has 19 heavy (non-hydrogen) atoms. The van der Waals surface area contributed by atoms with E-state index in [1.807, 2.05) is 18.2 Å². The summed E-state index contributed by atoms with van der Waals surface area (Å²) in [4.78, 5) is 15.9. The van der Waals surface area contributed by atoms with Crippen LogP contribution in [0.1, 0.15) is 23.6 Å². The standard InChI is InChI=1S/C15H18N2O2/c1-3-8-16(2)13-7-9-17-14-11(10-19-15(17)18)5-4-6-12(13)14/h3-6,13H,1,7-10H2,2H3. The van der Waals surface area contributed by atoms with Crippen molar-refractivity contribution in [2.45, 2.75) is 19.1 Å². The molecular weight excluding hydrogens is 240 g/mol. The predicted molar refractivity (Wildman–Crippen MR) is 74.2 cm³/mol. The summed E-state index contributed by atoms with van der Waals surface area (Å²) >= 11 is 0. The number of nitrogens with zero attached hydrogens (tertiary/aromatic N) is 2. The summed E-state index contributed by atoms with van der Waals surface area (Å²) in [5, 5.41) is 0. The Kier molecular flexibility index (Phi) is 3.03. The van der Waals surface area contributed by atoms with Gasteiger partial charge in [-0.3, -0.25) is 9.80 Å². The van der Waals surface area contributed by atoms with E-state index in [4.69, 9.17) is 4.74 Å². The predicted octanol–water partition coefficient (Wildman–Crippen LogP) is 2.71. The fourth-order valence-electron chi connectivity index (χ4n) is 3.03. The number of cyclic esters (lactones) is 1. The van der Waals surface area contributed by atoms with Crippen LogP contribution >= 0.6 is 0 Å². The van der Waals surface area contributed by atoms with E-state index in [-0.39, 0.29) is 6.09 Å². The molecule has 0 aromatic heterocycles. The second-order valence-electron chi connectivity index (χ2n) is 5.09. The number of benzene rings is 1. The molecule has 3 rings (SSSR count). The number of hydrogen-bond donors (Lipinski definition) is 0. The molecule has 0 saturated heterocycles. The van der Waals surface area contributed by atoms with E-state index < -0.39 is 0 Å². The van der Waals surface area contributed by atoms with E-state index in [0.717, 1.165) is 30.8 Å². The van der Waals surface area contributed by atoms with Gasteiger partial charge >= 0.3 is 6.09 Å². The van der Waals surface area contributed by atoms with Crippen molar-refractivity contribution in [3.63, 3.8) is 0 Å². The third-order valence-corrected chi connectivity index (χ3v) is 3.93. The number of hydrogen-bond acceptors (Lipinski definition) is 3. The van der Waals surface area contributed by atoms with Crippen LogP contribution < -0.4 is 4.90 Å². The maximum absolute atomic E-state index is 11.9. The summed E-state index contributed by atoms with van der Waals surface area (Å²) < 4.78 is 5.20. The minimum atomic E-state index is -0.218. The van der Waals surface area contributed by atoms with Crippen LogP contribution in [-0.4, -0.2) is 31.1 Å². The van der Waals surface area contributed by atoms with Crippen molar-refractivity contribution in [3.05, 3.63) is 42.0 Å². The van der Waals surface area contributed by atoms with Crippen LogP contribution in [0, 0.1) is 0 Å². The average molecular weight is 258 g/mol. The molecule has 1 unspecified atom stereocenters. The number of carbonyl (C=O) groups excluding carboxylic acids is 1. The van der Waals surface area contributed by atoms with Crippen LogP contribution in [0.2, 0.25) is 0 Å². The van der Waals surface area contributed by atoms with E-state index in [9.17, 15) is 4.79 Å². The van der Waals surface area contributed by atoms with Crippen molar-refractivity contribution in [2.24, 2.45) is 0 Å². The molecule has 2 heterocycles. The van der Waals surface area contributed by atoms with E-state index in [0.29, 0.717) is 12.6 Å². The first kappa shape index (κ1) is 12.2. The van der Waals surface area contributed by atoms with Crippen molar-refractivity contribution < 1.29 is 9.53 Å². The van der Waals surface area contributed by atoms with Crippen molar-refractivity contribution in [3.8, 4) is 0 Å². The molecule has 0 saturated carbocycles. The van der Waals surface area contributed by atoms with Gasteiger partial charge in [-0.05, 0) is 19.0 Å². The lowest BCUT2D eigenvalue weighted by Crippen LogP contribution is -2.43. The zero-order chi connectivity index (χ0) is 13.4. The average Bonchev–Trinajstić information content (AvgIpc) is 2.43. The molecule has 0 aliphatic carbocycles. The van der Waals surface area contributed by atoms with Crippen molar-refractivity contribution in [1.29, 1.82) is 0 Å². The molecule has 0 spiro atoms. The molecule has 1 aromatic carbocycles. The molecule has 1 atom stereocenters. The molecule has 4 heteroatoms. The second-order valence-corrected chi connectivity index (χ2v) is 5.09. The van der Waals surface area contributed by atoms with E-state index in [2.05, 4.69) is 24.6 Å². The molecule has 0 bridgehead atoms. The monoisotopic (exact) mass is 258 g/mol. The van der Waals surface area contributed by atoms with Crippen LogP contribution in [0.5, 0.6) is 0 Å². The molecule has 1 aromatic rings. The van der Waals surface area contributed by atoms with Gasteiger partial charge < -0.3 is 4.74 Å². The van der Waals surface area contributed by atoms with Gasteiger partial charge in [-0.2, -0.15) is 0 Å². The Labute approximate surface area is 113 Å². The first-order chi connectivity index (χ1) is 9.22. The number of likely N-dealkylation sites (N-methyl/N-ethyl adjacent to an activating group) is 1. The first-order valence-corrected chi connectivity index (χ1v) is 6.59. The zero-order valence-corrected chi connectivity index (χ0v) is 11.1. The Morgan fingerprint density at radius 3 is 3.21 bits per heavy atom. The van der Waals surface area contributed by atoms with E-state index >= 15 is 0 Å². The molecule has 1 amide bonds. The Hall–Kier alpha value is -1.81. The smallest absolute Gasteiger partial charge is 0.414 e. The maximum atomic E-state index is 11.9. The van der Waals surface area contributed by atoms with Crippen molar-refractivity contribution in [1.82, 2.24) is 4.90 Å². The van der Waals surface area contributed by atoms with E-state index in [1.165, 1.54) is 5.56 Å². The molecule has 0 radical (unpaired) electrons. The summed E-state index contributed by atoms with van der Waals surface area (Å²) in [7, 11) is 2.10. The molecular formula is C15H18N2O2. The lowest BCUT2D eigenvalue weighted by Gasteiger charge is -2.40. The van der Waals surface area contributed by atoms with Crippen molar-refractivity contribution in [2.75, 3.05) is 25.0 Å². The number of anilines is 1. The summed E-state index contributed by atoms with van der Waals surface area (Å²) in [6, 6.07) is 6.54. The third-order valence-electron chi connectivity index (χ3n) is 3.93. The largest absolute Gasteiger partial charge is 0.444 e. The van der Waals surface area contributed by atoms with Crippen molar-refractivity contribution >= 4 is 11.8 Å². The van der Waals surface area contributed by atoms with Gasteiger partial charge in [0, 0.05) is 24.7 Å². The summed E-state index contributed by atoms with van der Waals surface area (Å²) in [6.07, 6.45) is 2.62. The van der Waals surface area contributed by atoms with Crippen LogP contribution in [0.3, 0.4) is 0 Å². The maximum Gasteiger partial charge on any atom is 0.414 e. The highest BCUT2D eigenvalue weighted by atomic mass is 16.6. The minimum Gasteiger partial charge on any atom is -0.444 e. The molecule has 2 aliphatic heterocycles. The van der Waals surface area contributed by atoms with Gasteiger partial charge in [-0.15, -0.1) is 6.58 Å². The van der Waals surface area contributed by atoms with E-state index in [1.54, 1.807) is 4.90 Å². The fourth-order valence-corrected chi connectivity index (χ4v) is 3.03. The number of ether oxygens (including phenoxy) is 1. The minimum absolute atomic E-state index is 0.218. The topological polar surface area (TPSA) is 32.8 Å². The van der Waals surface area contributed by atoms with Gasteiger partial charge in [0.25, 0.3) is 0 Å². The third kappa shape index (κ3) is 1.92. The highest BCUT2D eigenvalue weighted by Crippen LogP contribution is 2.41. The molecule has 0 N–H and O–H groups in total. The Morgan fingerprint density at radius 2 is 2.42 bits per heavy atom. The summed E-state index contributed by atoms with van der Waals surface area (Å²) in [6.45, 7) is 5.75. The van der Waals surface area contributed by atoms with Crippen LogP contribution in [-0.2, 0) is 11.3 Å². The Balaban J connectivity index is 2.04. The second kappa shape index (κ2) is 4.70. The first-order valence-electron chi connectivity index (χ1n) is 6.59. The number of amides is 1. The summed E-state index contributed by atoms with van der Waals surface area (Å²) in [5.41, 5.74) is 3.39. The van der Waals surface area contributed by atoms with Gasteiger partial charge in [-0.1, -0.05) is 24.3 Å². The summed E-state index contributed by atoms with van der Waals surface area (Å²) in [5.74, 6) is 0. The SMILES string of the molecule is C=CCN(C)C1CCN2C(=O)OCc3cccc1c32. The quantitative estimate of drug-likeness (QED) is 0.781. The fraction of sp³-hybridized carbons (Fsp3) is 0.400. The lowest BCUT2D eigenvalue weighted by atomic mass is 9.92. The van der Waals surface area contributed by atoms with Gasteiger partial charge in [0.15, 0.2) is 0 Å². The Bertz CT molecular complexity index is 527. The van der Waals surface area contributed by atoms with Gasteiger partial charge in [0.1, 0.15) is 6.61 Å². The molecule has 0 fully saturated rings. The highest BCUT2D eigenvalue weighted by Gasteiger charge is 2.35. The number of rotatable bonds is 3. The molecule has 2 aliphatic rings. The van der Waals surface area contributed by atoms with Crippen LogP contribution in [0.15, 0.2) is 30.9 Å². The van der Waals surface area contributed by atoms with Crippen LogP contribution in [0.25, 0.3) is 0 Å². The number of para-hydroxylation sites is 1. The molecule has 100 valence electrons. The molecule has 4 nitrogen and oxygen atoms in total. The Morgan fingerprint density at radius 1 is 1.58 bits per heavy atom. The highest BCUT2D eigenvalue weighted by molar-refractivity contribution is 5.92. The van der Waals surface area contributed by atoms with Gasteiger partial charge in [0.05, 0.1) is 5.69 Å². The zero-order valence-electron chi connectivity index (χ0n) is 11.1. The lowest BCUT2D eigenvalue weighted by molar-refractivity contribution is 0.138.